The zero-order chi connectivity index (χ0) is 18.9. The Kier molecular flexibility index (Phi) is 4.20. The number of ether oxygens (including phenoxy) is 1. The number of hydrogen-bond acceptors (Lipinski definition) is 4. The monoisotopic (exact) mass is 369 g/mol. The third-order valence-electron chi connectivity index (χ3n) is 5.08. The second-order valence-electron chi connectivity index (χ2n) is 7.04. The molecule has 28 heavy (non-hydrogen) atoms. The van der Waals surface area contributed by atoms with E-state index in [0.29, 0.717) is 25.0 Å². The third-order valence-corrected chi connectivity index (χ3v) is 5.08. The molecule has 0 aliphatic carbocycles. The molecule has 0 fully saturated rings. The number of hydrogen-bond donors (Lipinski definition) is 1. The smallest absolute Gasteiger partial charge is 0.239 e. The Morgan fingerprint density at radius 1 is 1.14 bits per heavy atom. The predicted molar refractivity (Wildman–Crippen MR) is 110 cm³/mol. The van der Waals surface area contributed by atoms with Gasteiger partial charge in [0.05, 0.1) is 17.7 Å². The van der Waals surface area contributed by atoms with Crippen LogP contribution in [0, 0.1) is 13.0 Å². The zero-order valence-corrected chi connectivity index (χ0v) is 15.8. The minimum absolute atomic E-state index is 0.628. The van der Waals surface area contributed by atoms with Crippen molar-refractivity contribution in [3.8, 4) is 11.8 Å². The first-order valence-electron chi connectivity index (χ1n) is 9.60. The van der Waals surface area contributed by atoms with Gasteiger partial charge in [-0.2, -0.15) is 9.97 Å². The number of benzene rings is 2. The molecule has 5 rings (SSSR count). The quantitative estimate of drug-likeness (QED) is 0.577. The molecule has 3 heterocycles. The van der Waals surface area contributed by atoms with E-state index in [2.05, 4.69) is 47.1 Å². The molecule has 0 bridgehead atoms. The highest BCUT2D eigenvalue weighted by molar-refractivity contribution is 5.82. The van der Waals surface area contributed by atoms with E-state index in [9.17, 15) is 0 Å². The van der Waals surface area contributed by atoms with E-state index in [1.54, 1.807) is 0 Å². The maximum absolute atomic E-state index is 5.89. The fourth-order valence-corrected chi connectivity index (χ4v) is 3.72. The molecule has 2 aromatic heterocycles. The van der Waals surface area contributed by atoms with Crippen LogP contribution in [0.3, 0.4) is 0 Å². The van der Waals surface area contributed by atoms with Crippen LogP contribution in [-0.4, -0.2) is 21.1 Å². The molecule has 0 saturated heterocycles. The summed E-state index contributed by atoms with van der Waals surface area (Å²) in [6.07, 6.45) is 1.90. The van der Waals surface area contributed by atoms with E-state index in [4.69, 9.17) is 14.7 Å². The summed E-state index contributed by atoms with van der Waals surface area (Å²) in [4.78, 5) is 9.66. The second kappa shape index (κ2) is 7.00. The number of fused-ring (bicyclic) bond motifs is 2. The molecule has 5 nitrogen and oxygen atoms in total. The lowest BCUT2D eigenvalue weighted by atomic mass is 10.1. The Labute approximate surface area is 164 Å². The molecule has 5 heteroatoms. The first-order valence-corrected chi connectivity index (χ1v) is 9.60. The lowest BCUT2D eigenvalue weighted by Crippen LogP contribution is -2.17. The molecule has 0 atom stereocenters. The van der Waals surface area contributed by atoms with Gasteiger partial charge in [-0.1, -0.05) is 42.5 Å². The van der Waals surface area contributed by atoms with Crippen molar-refractivity contribution in [1.29, 1.82) is 0 Å². The van der Waals surface area contributed by atoms with E-state index in [-0.39, 0.29) is 0 Å². The van der Waals surface area contributed by atoms with Crippen molar-refractivity contribution in [1.82, 2.24) is 14.5 Å². The largest absolute Gasteiger partial charge is 0.477 e. The van der Waals surface area contributed by atoms with Crippen LogP contribution >= 0.6 is 0 Å². The molecule has 1 radical (unpaired) electrons. The second-order valence-corrected chi connectivity index (χ2v) is 7.04. The van der Waals surface area contributed by atoms with Crippen molar-refractivity contribution in [2.45, 2.75) is 26.3 Å². The minimum Gasteiger partial charge on any atom is -0.477 e. The number of nitrogens with one attached hydrogen (secondary N) is 1. The molecular formula is C23H21N4O. The minimum atomic E-state index is 0.628. The van der Waals surface area contributed by atoms with E-state index in [1.165, 1.54) is 5.56 Å². The molecule has 0 amide bonds. The molecule has 2 aromatic carbocycles. The topological polar surface area (TPSA) is 52.0 Å². The molecule has 1 aliphatic heterocycles. The Hall–Kier alpha value is -3.34. The van der Waals surface area contributed by atoms with E-state index >= 15 is 0 Å². The van der Waals surface area contributed by atoms with E-state index in [0.717, 1.165) is 40.8 Å². The van der Waals surface area contributed by atoms with Crippen LogP contribution in [0.15, 0.2) is 54.6 Å². The Morgan fingerprint density at radius 2 is 2.04 bits per heavy atom. The van der Waals surface area contributed by atoms with E-state index in [1.807, 2.05) is 30.3 Å². The number of aryl methyl sites for hydroxylation is 1. The van der Waals surface area contributed by atoms with Crippen LogP contribution < -0.4 is 10.1 Å². The van der Waals surface area contributed by atoms with Crippen LogP contribution in [-0.2, 0) is 13.0 Å². The number of nitrogens with zero attached hydrogens (tertiary/aromatic N) is 3. The standard InChI is InChI=1S/C23H21N4O/c1-16-14-18-10-5-6-12-20(18)27(16)23-25-21(19-11-7-13-28-22(19)26-23)24-15-17-8-3-2-4-9-17/h2-6,8-9,12,14H,7,11,13,15H2,1H3,(H,24,25,26). The number of anilines is 1. The summed E-state index contributed by atoms with van der Waals surface area (Å²) < 4.78 is 7.96. The summed E-state index contributed by atoms with van der Waals surface area (Å²) >= 11 is 0. The van der Waals surface area contributed by atoms with E-state index < -0.39 is 0 Å². The average molecular weight is 369 g/mol. The van der Waals surface area contributed by atoms with Gasteiger partial charge >= 0.3 is 0 Å². The summed E-state index contributed by atoms with van der Waals surface area (Å²) in [5.74, 6) is 2.17. The van der Waals surface area contributed by atoms with Gasteiger partial charge in [-0.15, -0.1) is 0 Å². The molecule has 0 spiro atoms. The fraction of sp³-hybridized carbons (Fsp3) is 0.217. The molecule has 4 aromatic rings. The van der Waals surface area contributed by atoms with Crippen LogP contribution in [0.5, 0.6) is 5.88 Å². The van der Waals surface area contributed by atoms with Gasteiger partial charge in [0.15, 0.2) is 0 Å². The van der Waals surface area contributed by atoms with Gasteiger partial charge in [0.1, 0.15) is 5.82 Å². The lowest BCUT2D eigenvalue weighted by Gasteiger charge is -2.21. The molecule has 0 unspecified atom stereocenters. The Bertz CT molecular complexity index is 1130. The van der Waals surface area contributed by atoms with Crippen molar-refractivity contribution >= 4 is 16.7 Å². The van der Waals surface area contributed by atoms with Crippen LogP contribution in [0.2, 0.25) is 0 Å². The van der Waals surface area contributed by atoms with Crippen molar-refractivity contribution < 1.29 is 4.74 Å². The van der Waals surface area contributed by atoms with Crippen molar-refractivity contribution in [2.24, 2.45) is 0 Å². The summed E-state index contributed by atoms with van der Waals surface area (Å²) in [7, 11) is 0. The Balaban J connectivity index is 1.60. The fourth-order valence-electron chi connectivity index (χ4n) is 3.72. The molecule has 1 aliphatic rings. The normalized spacial score (nSPS) is 13.2. The van der Waals surface area contributed by atoms with Crippen molar-refractivity contribution in [3.63, 3.8) is 0 Å². The maximum atomic E-state index is 5.89. The Morgan fingerprint density at radius 3 is 2.93 bits per heavy atom. The number of rotatable bonds is 4. The van der Waals surface area contributed by atoms with Gasteiger partial charge in [-0.3, -0.25) is 4.57 Å². The van der Waals surface area contributed by atoms with Gasteiger partial charge in [0.2, 0.25) is 11.8 Å². The van der Waals surface area contributed by atoms with Gasteiger partial charge < -0.3 is 10.1 Å². The molecule has 1 N–H and O–H groups in total. The van der Waals surface area contributed by atoms with Crippen LogP contribution in [0.4, 0.5) is 5.82 Å². The molecule has 139 valence electrons. The molecule has 0 saturated carbocycles. The molecular weight excluding hydrogens is 348 g/mol. The summed E-state index contributed by atoms with van der Waals surface area (Å²) in [5.41, 5.74) is 4.39. The summed E-state index contributed by atoms with van der Waals surface area (Å²) in [6, 6.07) is 21.7. The zero-order valence-electron chi connectivity index (χ0n) is 15.8. The lowest BCUT2D eigenvalue weighted by molar-refractivity contribution is 0.275. The first kappa shape index (κ1) is 16.8. The van der Waals surface area contributed by atoms with Gasteiger partial charge in [-0.25, -0.2) is 0 Å². The maximum Gasteiger partial charge on any atom is 0.239 e. The van der Waals surface area contributed by atoms with Gasteiger partial charge in [0.25, 0.3) is 0 Å². The van der Waals surface area contributed by atoms with Gasteiger partial charge in [-0.05, 0) is 43.5 Å². The number of aromatic nitrogens is 3. The third kappa shape index (κ3) is 2.99. The van der Waals surface area contributed by atoms with Crippen LogP contribution in [0.1, 0.15) is 23.2 Å². The highest BCUT2D eigenvalue weighted by Gasteiger charge is 2.21. The average Bonchev–Trinajstić information content (AvgIpc) is 3.08. The summed E-state index contributed by atoms with van der Waals surface area (Å²) in [6.45, 7) is 3.47. The SMILES string of the molecule is Cc1cc2[c]cccc2n1-c1nc(NCc2ccccc2)c2c(n1)OCCC2. The predicted octanol–water partition coefficient (Wildman–Crippen LogP) is 4.47. The summed E-state index contributed by atoms with van der Waals surface area (Å²) in [5, 5.41) is 4.56. The van der Waals surface area contributed by atoms with Crippen molar-refractivity contribution in [3.05, 3.63) is 77.5 Å². The van der Waals surface area contributed by atoms with Crippen molar-refractivity contribution in [2.75, 3.05) is 11.9 Å². The van der Waals surface area contributed by atoms with Crippen LogP contribution in [0.25, 0.3) is 16.9 Å². The highest BCUT2D eigenvalue weighted by Crippen LogP contribution is 2.31. The first-order chi connectivity index (χ1) is 13.8. The highest BCUT2D eigenvalue weighted by atomic mass is 16.5. The van der Waals surface area contributed by atoms with Gasteiger partial charge in [0, 0.05) is 17.6 Å².